The van der Waals surface area contributed by atoms with Gasteiger partial charge in [-0.05, 0) is 42.5 Å². The van der Waals surface area contributed by atoms with Gasteiger partial charge >= 0.3 is 0 Å². The van der Waals surface area contributed by atoms with Crippen LogP contribution in [0.2, 0.25) is 0 Å². The normalized spacial score (nSPS) is 11.9. The first-order valence-electron chi connectivity index (χ1n) is 7.10. The van der Waals surface area contributed by atoms with Gasteiger partial charge in [0.1, 0.15) is 5.82 Å². The molecule has 1 heterocycles. The molecule has 0 amide bonds. The lowest BCUT2D eigenvalue weighted by atomic mass is 10.2. The Morgan fingerprint density at radius 2 is 1.92 bits per heavy atom. The Morgan fingerprint density at radius 1 is 1.23 bits per heavy atom. The molecule has 0 aliphatic heterocycles. The van der Waals surface area contributed by atoms with Crippen LogP contribution in [0, 0.1) is 5.82 Å². The van der Waals surface area contributed by atoms with Crippen molar-refractivity contribution < 1.29 is 17.9 Å². The third-order valence-corrected chi connectivity index (χ3v) is 4.52. The van der Waals surface area contributed by atoms with Crippen LogP contribution in [0.5, 0.6) is 5.88 Å². The van der Waals surface area contributed by atoms with Crippen molar-refractivity contribution in [1.29, 1.82) is 0 Å². The van der Waals surface area contributed by atoms with Crippen molar-refractivity contribution >= 4 is 49.6 Å². The fraction of sp³-hybridized carbons (Fsp3) is 0. The minimum Gasteiger partial charge on any atom is -0.493 e. The maximum absolute atomic E-state index is 13.7. The number of benzene rings is 2. The molecule has 11 heteroatoms. The standard InChI is InChI=1S/C15H12FN5O3S2/c16-11-3-1-2-10-12(11)19-14(22)13(10)20-21-15(25)18-8-4-6-9(7-5-8)26(17,23)24/h1-7,19,22H,(H,18,25)(H2,17,23,24). The van der Waals surface area contributed by atoms with Gasteiger partial charge in [0.2, 0.25) is 21.0 Å². The monoisotopic (exact) mass is 393 g/mol. The quantitative estimate of drug-likeness (QED) is 0.401. The van der Waals surface area contributed by atoms with Gasteiger partial charge in [-0.2, -0.15) is 0 Å². The number of rotatable bonds is 3. The van der Waals surface area contributed by atoms with Crippen LogP contribution in [-0.2, 0) is 10.0 Å². The van der Waals surface area contributed by atoms with Gasteiger partial charge < -0.3 is 15.4 Å². The number of hydrogen-bond donors (Lipinski definition) is 4. The first-order valence-corrected chi connectivity index (χ1v) is 9.06. The average molecular weight is 393 g/mol. The largest absolute Gasteiger partial charge is 0.493 e. The topological polar surface area (TPSA) is 133 Å². The van der Waals surface area contributed by atoms with E-state index in [9.17, 15) is 17.9 Å². The number of aromatic amines is 1. The maximum atomic E-state index is 13.7. The minimum atomic E-state index is -3.78. The molecule has 26 heavy (non-hydrogen) atoms. The highest BCUT2D eigenvalue weighted by molar-refractivity contribution is 7.89. The summed E-state index contributed by atoms with van der Waals surface area (Å²) in [5.41, 5.74) is 0.625. The van der Waals surface area contributed by atoms with Crippen LogP contribution in [0.25, 0.3) is 10.9 Å². The molecule has 0 fully saturated rings. The lowest BCUT2D eigenvalue weighted by molar-refractivity contribution is 0.459. The number of sulfonamides is 1. The van der Waals surface area contributed by atoms with Gasteiger partial charge in [-0.1, -0.05) is 12.1 Å². The number of nitrogens with one attached hydrogen (secondary N) is 2. The van der Waals surface area contributed by atoms with E-state index < -0.39 is 15.8 Å². The summed E-state index contributed by atoms with van der Waals surface area (Å²) in [5.74, 6) is -0.871. The third kappa shape index (κ3) is 3.69. The van der Waals surface area contributed by atoms with E-state index >= 15 is 0 Å². The summed E-state index contributed by atoms with van der Waals surface area (Å²) >= 11 is 5.03. The number of azo groups is 1. The van der Waals surface area contributed by atoms with Gasteiger partial charge in [-0.25, -0.2) is 17.9 Å². The van der Waals surface area contributed by atoms with Crippen LogP contribution in [0.3, 0.4) is 0 Å². The molecular weight excluding hydrogens is 381 g/mol. The zero-order chi connectivity index (χ0) is 18.9. The predicted molar refractivity (Wildman–Crippen MR) is 98.5 cm³/mol. The first-order chi connectivity index (χ1) is 12.3. The van der Waals surface area contributed by atoms with Crippen molar-refractivity contribution in [2.45, 2.75) is 4.90 Å². The lowest BCUT2D eigenvalue weighted by Crippen LogP contribution is -2.12. The Labute approximate surface area is 152 Å². The zero-order valence-corrected chi connectivity index (χ0v) is 14.6. The zero-order valence-electron chi connectivity index (χ0n) is 13.0. The molecule has 134 valence electrons. The molecule has 3 rings (SSSR count). The van der Waals surface area contributed by atoms with Crippen molar-refractivity contribution in [2.24, 2.45) is 15.4 Å². The third-order valence-electron chi connectivity index (χ3n) is 3.41. The number of H-pyrrole nitrogens is 1. The number of para-hydroxylation sites is 1. The second-order valence-electron chi connectivity index (χ2n) is 5.18. The van der Waals surface area contributed by atoms with E-state index in [1.807, 2.05) is 0 Å². The number of thiocarbonyl (C=S) groups is 1. The molecule has 8 nitrogen and oxygen atoms in total. The second kappa shape index (κ2) is 6.78. The number of aromatic nitrogens is 1. The van der Waals surface area contributed by atoms with Crippen LogP contribution >= 0.6 is 12.2 Å². The van der Waals surface area contributed by atoms with Crippen molar-refractivity contribution in [3.05, 3.63) is 48.3 Å². The summed E-state index contributed by atoms with van der Waals surface area (Å²) in [6, 6.07) is 9.84. The van der Waals surface area contributed by atoms with Crippen LogP contribution in [0.1, 0.15) is 0 Å². The molecule has 0 bridgehead atoms. The van der Waals surface area contributed by atoms with E-state index in [0.717, 1.165) is 0 Å². The Hall–Kier alpha value is -2.89. The molecule has 1 aromatic heterocycles. The van der Waals surface area contributed by atoms with Crippen molar-refractivity contribution in [1.82, 2.24) is 4.98 Å². The number of halogens is 1. The van der Waals surface area contributed by atoms with Crippen LogP contribution in [-0.4, -0.2) is 23.6 Å². The maximum Gasteiger partial charge on any atom is 0.238 e. The smallest absolute Gasteiger partial charge is 0.238 e. The highest BCUT2D eigenvalue weighted by Crippen LogP contribution is 2.36. The van der Waals surface area contributed by atoms with Gasteiger partial charge in [-0.3, -0.25) is 0 Å². The van der Waals surface area contributed by atoms with E-state index in [0.29, 0.717) is 11.1 Å². The molecule has 5 N–H and O–H groups in total. The van der Waals surface area contributed by atoms with Crippen LogP contribution < -0.4 is 10.5 Å². The number of primary sulfonamides is 1. The summed E-state index contributed by atoms with van der Waals surface area (Å²) in [5, 5.41) is 25.5. The van der Waals surface area contributed by atoms with Gasteiger partial charge in [0.15, 0.2) is 5.69 Å². The number of anilines is 1. The van der Waals surface area contributed by atoms with Gasteiger partial charge in [-0.15, -0.1) is 10.2 Å². The lowest BCUT2D eigenvalue weighted by Gasteiger charge is -2.04. The summed E-state index contributed by atoms with van der Waals surface area (Å²) in [6.45, 7) is 0. The molecule has 0 radical (unpaired) electrons. The molecule has 0 saturated heterocycles. The van der Waals surface area contributed by atoms with Gasteiger partial charge in [0, 0.05) is 11.1 Å². The highest BCUT2D eigenvalue weighted by Gasteiger charge is 2.13. The highest BCUT2D eigenvalue weighted by atomic mass is 32.2. The Kier molecular flexibility index (Phi) is 4.68. The fourth-order valence-electron chi connectivity index (χ4n) is 2.23. The second-order valence-corrected chi connectivity index (χ2v) is 7.13. The Morgan fingerprint density at radius 3 is 2.58 bits per heavy atom. The summed E-state index contributed by atoms with van der Waals surface area (Å²) < 4.78 is 36.1. The Bertz CT molecular complexity index is 1120. The van der Waals surface area contributed by atoms with Gasteiger partial charge in [0.05, 0.1) is 10.4 Å². The number of fused-ring (bicyclic) bond motifs is 1. The number of nitrogens with zero attached hydrogens (tertiary/aromatic N) is 2. The number of hydrogen-bond acceptors (Lipinski definition) is 5. The van der Waals surface area contributed by atoms with E-state index in [1.165, 1.54) is 36.4 Å². The van der Waals surface area contributed by atoms with Crippen molar-refractivity contribution in [3.8, 4) is 5.88 Å². The molecule has 0 aliphatic rings. The van der Waals surface area contributed by atoms with E-state index in [-0.39, 0.29) is 27.1 Å². The van der Waals surface area contributed by atoms with Crippen molar-refractivity contribution in [2.75, 3.05) is 5.32 Å². The van der Waals surface area contributed by atoms with E-state index in [4.69, 9.17) is 17.4 Å². The SMILES string of the molecule is NS(=O)(=O)c1ccc(NC(=S)N=Nc2c(O)[nH]c3c(F)cccc23)cc1. The molecular formula is C15H12FN5O3S2. The first kappa shape index (κ1) is 17.9. The molecule has 0 atom stereocenters. The van der Waals surface area contributed by atoms with E-state index in [2.05, 4.69) is 20.5 Å². The molecule has 2 aromatic carbocycles. The average Bonchev–Trinajstić information content (AvgIpc) is 2.90. The molecule has 3 aromatic rings. The van der Waals surface area contributed by atoms with Crippen LogP contribution in [0.15, 0.2) is 57.6 Å². The molecule has 0 aliphatic carbocycles. The summed E-state index contributed by atoms with van der Waals surface area (Å²) in [7, 11) is -3.78. The minimum absolute atomic E-state index is 0.0404. The van der Waals surface area contributed by atoms with E-state index in [1.54, 1.807) is 6.07 Å². The van der Waals surface area contributed by atoms with Gasteiger partial charge in [0.25, 0.3) is 0 Å². The fourth-order valence-corrected chi connectivity index (χ4v) is 2.90. The number of aromatic hydroxyl groups is 1. The summed E-state index contributed by atoms with van der Waals surface area (Å²) in [4.78, 5) is 2.44. The predicted octanol–water partition coefficient (Wildman–Crippen LogP) is 3.14. The molecule has 0 saturated carbocycles. The molecule has 0 spiro atoms. The van der Waals surface area contributed by atoms with Crippen molar-refractivity contribution in [3.63, 3.8) is 0 Å². The summed E-state index contributed by atoms with van der Waals surface area (Å²) in [6.07, 6.45) is 0. The number of nitrogens with two attached hydrogens (primary N) is 1. The molecule has 0 unspecified atom stereocenters. The van der Waals surface area contributed by atoms with Crippen LogP contribution in [0.4, 0.5) is 15.8 Å². The Balaban J connectivity index is 1.78.